The predicted octanol–water partition coefficient (Wildman–Crippen LogP) is 1.76. The van der Waals surface area contributed by atoms with Gasteiger partial charge >= 0.3 is 0 Å². The van der Waals surface area contributed by atoms with Crippen LogP contribution >= 0.6 is 0 Å². The van der Waals surface area contributed by atoms with Gasteiger partial charge < -0.3 is 15.2 Å². The molecule has 1 amide bonds. The molecule has 1 aliphatic heterocycles. The molecule has 1 saturated heterocycles. The normalized spacial score (nSPS) is 14.8. The van der Waals surface area contributed by atoms with Crippen molar-refractivity contribution in [2.45, 2.75) is 20.4 Å². The summed E-state index contributed by atoms with van der Waals surface area (Å²) in [6, 6.07) is 6.96. The van der Waals surface area contributed by atoms with E-state index in [0.29, 0.717) is 17.8 Å². The summed E-state index contributed by atoms with van der Waals surface area (Å²) >= 11 is 0. The van der Waals surface area contributed by atoms with Gasteiger partial charge in [-0.2, -0.15) is 0 Å². The third-order valence-electron chi connectivity index (χ3n) is 5.62. The van der Waals surface area contributed by atoms with E-state index in [1.54, 1.807) is 26.1 Å². The van der Waals surface area contributed by atoms with Crippen LogP contribution in [0.3, 0.4) is 0 Å². The lowest BCUT2D eigenvalue weighted by Crippen LogP contribution is -2.46. The monoisotopic (exact) mass is 424 g/mol. The Morgan fingerprint density at radius 1 is 1.13 bits per heavy atom. The zero-order valence-corrected chi connectivity index (χ0v) is 17.8. The van der Waals surface area contributed by atoms with E-state index < -0.39 is 5.82 Å². The first-order valence-electron chi connectivity index (χ1n) is 10.2. The highest BCUT2D eigenvalue weighted by atomic mass is 19.1. The lowest BCUT2D eigenvalue weighted by atomic mass is 10.1. The molecule has 9 heteroatoms. The summed E-state index contributed by atoms with van der Waals surface area (Å²) in [5.74, 6) is -0.628. The fraction of sp³-hybridized carbons (Fsp3) is 0.364. The minimum Gasteiger partial charge on any atom is -0.368 e. The SMILES string of the molecule is CNC(=O)c1ccc(N2CCN(Cc3cc(F)c4nc(C)c(=O)[nH]c4c3)CC2)c(C)n1. The molecule has 4 rings (SSSR count). The molecule has 31 heavy (non-hydrogen) atoms. The Balaban J connectivity index is 1.44. The zero-order chi connectivity index (χ0) is 22.1. The van der Waals surface area contributed by atoms with Gasteiger partial charge in [0.15, 0.2) is 5.82 Å². The Hall–Kier alpha value is -3.33. The second-order valence-electron chi connectivity index (χ2n) is 7.77. The molecule has 1 aliphatic rings. The number of piperazine rings is 1. The van der Waals surface area contributed by atoms with Crippen LogP contribution in [0.2, 0.25) is 0 Å². The van der Waals surface area contributed by atoms with Gasteiger partial charge in [-0.05, 0) is 43.7 Å². The number of hydrogen-bond donors (Lipinski definition) is 2. The topological polar surface area (TPSA) is 94.2 Å². The molecular weight excluding hydrogens is 399 g/mol. The highest BCUT2D eigenvalue weighted by Crippen LogP contribution is 2.22. The minimum atomic E-state index is -0.427. The van der Waals surface area contributed by atoms with Crippen LogP contribution in [-0.4, -0.2) is 59.0 Å². The van der Waals surface area contributed by atoms with Crippen LogP contribution in [-0.2, 0) is 6.54 Å². The second-order valence-corrected chi connectivity index (χ2v) is 7.77. The number of anilines is 1. The van der Waals surface area contributed by atoms with Crippen LogP contribution in [0.15, 0.2) is 29.1 Å². The molecule has 0 radical (unpaired) electrons. The van der Waals surface area contributed by atoms with E-state index in [9.17, 15) is 14.0 Å². The van der Waals surface area contributed by atoms with Crippen molar-refractivity contribution in [2.75, 3.05) is 38.1 Å². The number of carbonyl (C=O) groups excluding carboxylic acids is 1. The van der Waals surface area contributed by atoms with E-state index in [2.05, 4.69) is 30.1 Å². The van der Waals surface area contributed by atoms with Crippen LogP contribution in [0.1, 0.15) is 27.4 Å². The lowest BCUT2D eigenvalue weighted by Gasteiger charge is -2.36. The van der Waals surface area contributed by atoms with E-state index in [-0.39, 0.29) is 22.7 Å². The fourth-order valence-corrected chi connectivity index (χ4v) is 3.93. The van der Waals surface area contributed by atoms with Crippen molar-refractivity contribution in [3.8, 4) is 0 Å². The molecule has 1 fully saturated rings. The molecule has 0 spiro atoms. The quantitative estimate of drug-likeness (QED) is 0.663. The molecule has 2 aromatic heterocycles. The van der Waals surface area contributed by atoms with Crippen molar-refractivity contribution in [3.63, 3.8) is 0 Å². The summed E-state index contributed by atoms with van der Waals surface area (Å²) in [6.07, 6.45) is 0. The third-order valence-corrected chi connectivity index (χ3v) is 5.62. The Labute approximate surface area is 179 Å². The van der Waals surface area contributed by atoms with Crippen LogP contribution in [0.4, 0.5) is 10.1 Å². The fourth-order valence-electron chi connectivity index (χ4n) is 3.93. The molecular formula is C22H25FN6O2. The maximum atomic E-state index is 14.5. The first kappa shape index (κ1) is 20.9. The van der Waals surface area contributed by atoms with Crippen molar-refractivity contribution in [2.24, 2.45) is 0 Å². The summed E-state index contributed by atoms with van der Waals surface area (Å²) in [7, 11) is 1.59. The van der Waals surface area contributed by atoms with Gasteiger partial charge in [0.2, 0.25) is 0 Å². The van der Waals surface area contributed by atoms with Crippen molar-refractivity contribution in [1.82, 2.24) is 25.2 Å². The number of benzene rings is 1. The number of pyridine rings is 1. The number of carbonyl (C=O) groups is 1. The molecule has 0 atom stereocenters. The van der Waals surface area contributed by atoms with Crippen LogP contribution in [0.25, 0.3) is 11.0 Å². The number of hydrogen-bond acceptors (Lipinski definition) is 6. The Morgan fingerprint density at radius 3 is 2.55 bits per heavy atom. The number of H-pyrrole nitrogens is 1. The average Bonchev–Trinajstić information content (AvgIpc) is 2.75. The Bertz CT molecular complexity index is 1200. The van der Waals surface area contributed by atoms with E-state index in [1.807, 2.05) is 13.0 Å². The second kappa shape index (κ2) is 8.43. The zero-order valence-electron chi connectivity index (χ0n) is 17.8. The molecule has 0 aliphatic carbocycles. The number of nitrogens with zero attached hydrogens (tertiary/aromatic N) is 4. The van der Waals surface area contributed by atoms with Gasteiger partial charge in [0.1, 0.15) is 16.9 Å². The summed E-state index contributed by atoms with van der Waals surface area (Å²) in [4.78, 5) is 39.3. The lowest BCUT2D eigenvalue weighted by molar-refractivity contribution is 0.0958. The number of aryl methyl sites for hydroxylation is 2. The van der Waals surface area contributed by atoms with Gasteiger partial charge in [-0.3, -0.25) is 14.5 Å². The number of aromatic amines is 1. The number of rotatable bonds is 4. The molecule has 3 heterocycles. The smallest absolute Gasteiger partial charge is 0.269 e. The van der Waals surface area contributed by atoms with Crippen molar-refractivity contribution >= 4 is 22.6 Å². The first-order chi connectivity index (χ1) is 14.9. The number of amides is 1. The van der Waals surface area contributed by atoms with Gasteiger partial charge in [-0.25, -0.2) is 14.4 Å². The highest BCUT2D eigenvalue weighted by Gasteiger charge is 2.20. The van der Waals surface area contributed by atoms with Crippen LogP contribution in [0, 0.1) is 19.7 Å². The number of fused-ring (bicyclic) bond motifs is 1. The Morgan fingerprint density at radius 2 is 1.87 bits per heavy atom. The van der Waals surface area contributed by atoms with E-state index in [4.69, 9.17) is 0 Å². The third kappa shape index (κ3) is 4.27. The molecule has 8 nitrogen and oxygen atoms in total. The van der Waals surface area contributed by atoms with E-state index >= 15 is 0 Å². The van der Waals surface area contributed by atoms with E-state index in [0.717, 1.165) is 43.1 Å². The number of halogens is 1. The number of aromatic nitrogens is 3. The summed E-state index contributed by atoms with van der Waals surface area (Å²) in [5, 5.41) is 2.59. The molecule has 1 aromatic carbocycles. The largest absolute Gasteiger partial charge is 0.368 e. The molecule has 0 unspecified atom stereocenters. The molecule has 3 aromatic rings. The summed E-state index contributed by atoms with van der Waals surface area (Å²) in [6.45, 7) is 7.27. The standard InChI is InChI=1S/C22H25FN6O2/c1-13-19(5-4-17(25-13)22(31)24-3)29-8-6-28(7-9-29)12-15-10-16(23)20-18(11-15)27-21(30)14(2)26-20/h4-5,10-11H,6-9,12H2,1-3H3,(H,24,31)(H,27,30). The van der Waals surface area contributed by atoms with Crippen molar-refractivity contribution in [1.29, 1.82) is 0 Å². The van der Waals surface area contributed by atoms with Gasteiger partial charge in [-0.1, -0.05) is 0 Å². The predicted molar refractivity (Wildman–Crippen MR) is 117 cm³/mol. The maximum Gasteiger partial charge on any atom is 0.269 e. The molecule has 0 bridgehead atoms. The van der Waals surface area contributed by atoms with Crippen LogP contribution < -0.4 is 15.8 Å². The summed E-state index contributed by atoms with van der Waals surface area (Å²) < 4.78 is 14.5. The molecule has 0 saturated carbocycles. The van der Waals surface area contributed by atoms with Crippen molar-refractivity contribution in [3.05, 3.63) is 63.1 Å². The Kier molecular flexibility index (Phi) is 5.69. The van der Waals surface area contributed by atoms with E-state index in [1.165, 1.54) is 6.07 Å². The summed E-state index contributed by atoms with van der Waals surface area (Å²) in [5.41, 5.74) is 3.60. The molecule has 162 valence electrons. The number of nitrogens with one attached hydrogen (secondary N) is 2. The van der Waals surface area contributed by atoms with Gasteiger partial charge in [0, 0.05) is 39.8 Å². The minimum absolute atomic E-state index is 0.189. The maximum absolute atomic E-state index is 14.5. The molecule has 2 N–H and O–H groups in total. The first-order valence-corrected chi connectivity index (χ1v) is 10.2. The highest BCUT2D eigenvalue weighted by molar-refractivity contribution is 5.92. The van der Waals surface area contributed by atoms with Gasteiger partial charge in [0.25, 0.3) is 11.5 Å². The van der Waals surface area contributed by atoms with Gasteiger partial charge in [-0.15, -0.1) is 0 Å². The van der Waals surface area contributed by atoms with Crippen molar-refractivity contribution < 1.29 is 9.18 Å². The average molecular weight is 424 g/mol. The van der Waals surface area contributed by atoms with Gasteiger partial charge in [0.05, 0.1) is 16.9 Å². The van der Waals surface area contributed by atoms with Crippen LogP contribution in [0.5, 0.6) is 0 Å².